The molecule has 2 atom stereocenters. The third-order valence-electron chi connectivity index (χ3n) is 2.43. The molecule has 1 aliphatic heterocycles. The minimum atomic E-state index is -0.631. The molecule has 1 rings (SSSR count). The van der Waals surface area contributed by atoms with E-state index in [2.05, 4.69) is 19.9 Å². The van der Waals surface area contributed by atoms with Crippen molar-refractivity contribution in [3.63, 3.8) is 0 Å². The molecule has 76 valence electrons. The summed E-state index contributed by atoms with van der Waals surface area (Å²) in [5, 5.41) is 9.50. The summed E-state index contributed by atoms with van der Waals surface area (Å²) < 4.78 is 5.30. The van der Waals surface area contributed by atoms with Crippen LogP contribution in [0.5, 0.6) is 0 Å². The fourth-order valence-corrected chi connectivity index (χ4v) is 1.79. The Labute approximate surface area is 80.6 Å². The van der Waals surface area contributed by atoms with Crippen LogP contribution in [0.4, 0.5) is 0 Å². The Bertz CT molecular complexity index is 175. The number of aliphatic hydroxyl groups is 1. The fourth-order valence-electron chi connectivity index (χ4n) is 1.79. The van der Waals surface area contributed by atoms with E-state index in [4.69, 9.17) is 4.74 Å². The van der Waals surface area contributed by atoms with Crippen LogP contribution in [0.1, 0.15) is 39.5 Å². The molecule has 0 aromatic carbocycles. The lowest BCUT2D eigenvalue weighted by atomic mass is 9.96. The number of hydrogen-bond acceptors (Lipinski definition) is 2. The zero-order chi connectivity index (χ0) is 9.68. The molecule has 0 amide bonds. The molecule has 0 radical (unpaired) electrons. The maximum atomic E-state index is 9.50. The van der Waals surface area contributed by atoms with Crippen molar-refractivity contribution in [2.45, 2.75) is 45.8 Å². The van der Waals surface area contributed by atoms with E-state index in [1.54, 1.807) is 0 Å². The minimum absolute atomic E-state index is 0.523. The Morgan fingerprint density at radius 1 is 1.46 bits per heavy atom. The predicted molar refractivity (Wildman–Crippen MR) is 53.3 cm³/mol. The molecule has 0 aromatic rings. The van der Waals surface area contributed by atoms with Gasteiger partial charge in [0.25, 0.3) is 0 Å². The van der Waals surface area contributed by atoms with Gasteiger partial charge in [-0.05, 0) is 18.4 Å². The maximum absolute atomic E-state index is 9.50. The zero-order valence-electron chi connectivity index (χ0n) is 8.62. The van der Waals surface area contributed by atoms with Crippen LogP contribution in [-0.2, 0) is 4.74 Å². The van der Waals surface area contributed by atoms with Crippen LogP contribution >= 0.6 is 0 Å². The first-order chi connectivity index (χ1) is 6.27. The third-order valence-corrected chi connectivity index (χ3v) is 2.43. The number of rotatable bonds is 4. The van der Waals surface area contributed by atoms with E-state index in [1.165, 1.54) is 12.8 Å². The van der Waals surface area contributed by atoms with Crippen molar-refractivity contribution in [2.75, 3.05) is 6.61 Å². The van der Waals surface area contributed by atoms with Gasteiger partial charge in [-0.25, -0.2) is 0 Å². The first kappa shape index (κ1) is 10.7. The van der Waals surface area contributed by atoms with Crippen molar-refractivity contribution < 1.29 is 9.84 Å². The minimum Gasteiger partial charge on any atom is -0.364 e. The van der Waals surface area contributed by atoms with Gasteiger partial charge in [-0.15, -0.1) is 0 Å². The van der Waals surface area contributed by atoms with E-state index < -0.39 is 6.29 Å². The largest absolute Gasteiger partial charge is 0.364 e. The molecule has 0 aliphatic carbocycles. The van der Waals surface area contributed by atoms with Gasteiger partial charge in [-0.1, -0.05) is 32.8 Å². The Balaban J connectivity index is 2.53. The number of hydrogen-bond donors (Lipinski definition) is 1. The lowest BCUT2D eigenvalue weighted by molar-refractivity contribution is -0.0918. The van der Waals surface area contributed by atoms with Crippen LogP contribution in [-0.4, -0.2) is 18.0 Å². The molecule has 1 N–H and O–H groups in total. The van der Waals surface area contributed by atoms with Crippen LogP contribution < -0.4 is 0 Å². The predicted octanol–water partition coefficient (Wildman–Crippen LogP) is 2.48. The second-order valence-corrected chi connectivity index (χ2v) is 3.73. The molecule has 13 heavy (non-hydrogen) atoms. The normalized spacial score (nSPS) is 28.7. The molecule has 0 bridgehead atoms. The van der Waals surface area contributed by atoms with Crippen molar-refractivity contribution in [1.82, 2.24) is 0 Å². The quantitative estimate of drug-likeness (QED) is 0.680. The second kappa shape index (κ2) is 5.40. The number of aliphatic hydroxyl groups excluding tert-OH is 1. The highest BCUT2D eigenvalue weighted by Crippen LogP contribution is 2.23. The van der Waals surface area contributed by atoms with E-state index in [9.17, 15) is 5.11 Å². The van der Waals surface area contributed by atoms with Gasteiger partial charge in [0.15, 0.2) is 6.29 Å². The smallest absolute Gasteiger partial charge is 0.177 e. The highest BCUT2D eigenvalue weighted by atomic mass is 16.6. The van der Waals surface area contributed by atoms with Gasteiger partial charge in [0.1, 0.15) is 0 Å². The van der Waals surface area contributed by atoms with Crippen LogP contribution in [0.15, 0.2) is 11.6 Å². The molecule has 0 fully saturated rings. The SMILES string of the molecule is CCCC1=CC(CCC)COC1O. The Morgan fingerprint density at radius 3 is 2.85 bits per heavy atom. The summed E-state index contributed by atoms with van der Waals surface area (Å²) in [7, 11) is 0. The lowest BCUT2D eigenvalue weighted by Crippen LogP contribution is -2.25. The third kappa shape index (κ3) is 3.12. The van der Waals surface area contributed by atoms with Crippen molar-refractivity contribution in [3.05, 3.63) is 11.6 Å². The molecule has 2 unspecified atom stereocenters. The Morgan fingerprint density at radius 2 is 2.23 bits per heavy atom. The van der Waals surface area contributed by atoms with Crippen LogP contribution in [0, 0.1) is 5.92 Å². The first-order valence-corrected chi connectivity index (χ1v) is 5.28. The summed E-state index contributed by atoms with van der Waals surface area (Å²) in [5.41, 5.74) is 1.08. The van der Waals surface area contributed by atoms with E-state index in [1.807, 2.05) is 0 Å². The monoisotopic (exact) mass is 184 g/mol. The van der Waals surface area contributed by atoms with Crippen LogP contribution in [0.25, 0.3) is 0 Å². The van der Waals surface area contributed by atoms with E-state index in [-0.39, 0.29) is 0 Å². The first-order valence-electron chi connectivity index (χ1n) is 5.28. The molecular formula is C11H20O2. The van der Waals surface area contributed by atoms with Crippen molar-refractivity contribution >= 4 is 0 Å². The van der Waals surface area contributed by atoms with Gasteiger partial charge < -0.3 is 9.84 Å². The van der Waals surface area contributed by atoms with E-state index in [0.717, 1.165) is 18.4 Å². The van der Waals surface area contributed by atoms with Gasteiger partial charge in [0.2, 0.25) is 0 Å². The standard InChI is InChI=1S/C11H20O2/c1-3-5-9-7-10(6-4-2)11(12)13-8-9/h7,9,11-12H,3-6,8H2,1-2H3. The molecule has 1 aliphatic rings. The average molecular weight is 184 g/mol. The van der Waals surface area contributed by atoms with Crippen LogP contribution in [0.3, 0.4) is 0 Å². The summed E-state index contributed by atoms with van der Waals surface area (Å²) in [6, 6.07) is 0. The summed E-state index contributed by atoms with van der Waals surface area (Å²) in [5.74, 6) is 0.523. The maximum Gasteiger partial charge on any atom is 0.177 e. The van der Waals surface area contributed by atoms with Gasteiger partial charge in [0, 0.05) is 5.92 Å². The summed E-state index contributed by atoms with van der Waals surface area (Å²) >= 11 is 0. The van der Waals surface area contributed by atoms with Gasteiger partial charge in [0.05, 0.1) is 6.61 Å². The zero-order valence-corrected chi connectivity index (χ0v) is 8.62. The lowest BCUT2D eigenvalue weighted by Gasteiger charge is -2.25. The topological polar surface area (TPSA) is 29.5 Å². The van der Waals surface area contributed by atoms with Gasteiger partial charge >= 0.3 is 0 Å². The summed E-state index contributed by atoms with van der Waals surface area (Å²) in [6.07, 6.45) is 5.96. The highest BCUT2D eigenvalue weighted by Gasteiger charge is 2.19. The Kier molecular flexibility index (Phi) is 4.46. The molecule has 0 aromatic heterocycles. The Hall–Kier alpha value is -0.340. The van der Waals surface area contributed by atoms with Crippen molar-refractivity contribution in [1.29, 1.82) is 0 Å². The molecule has 0 spiro atoms. The van der Waals surface area contributed by atoms with E-state index >= 15 is 0 Å². The summed E-state index contributed by atoms with van der Waals surface area (Å²) in [6.45, 7) is 4.98. The molecular weight excluding hydrogens is 164 g/mol. The second-order valence-electron chi connectivity index (χ2n) is 3.73. The summed E-state index contributed by atoms with van der Waals surface area (Å²) in [4.78, 5) is 0. The van der Waals surface area contributed by atoms with Crippen LogP contribution in [0.2, 0.25) is 0 Å². The van der Waals surface area contributed by atoms with E-state index in [0.29, 0.717) is 12.5 Å². The average Bonchev–Trinajstić information content (AvgIpc) is 2.12. The molecule has 2 nitrogen and oxygen atoms in total. The number of ether oxygens (including phenoxy) is 1. The molecule has 0 saturated heterocycles. The fraction of sp³-hybridized carbons (Fsp3) is 0.818. The molecule has 1 heterocycles. The highest BCUT2D eigenvalue weighted by molar-refractivity contribution is 5.09. The van der Waals surface area contributed by atoms with Crippen molar-refractivity contribution in [2.24, 2.45) is 5.92 Å². The van der Waals surface area contributed by atoms with Gasteiger partial charge in [-0.3, -0.25) is 0 Å². The molecule has 2 heteroatoms. The molecule has 0 saturated carbocycles. The van der Waals surface area contributed by atoms with Gasteiger partial charge in [-0.2, -0.15) is 0 Å². The van der Waals surface area contributed by atoms with Crippen molar-refractivity contribution in [3.8, 4) is 0 Å².